The summed E-state index contributed by atoms with van der Waals surface area (Å²) in [5.74, 6) is 0. The van der Waals surface area contributed by atoms with E-state index < -0.39 is 0 Å². The lowest BCUT2D eigenvalue weighted by Gasteiger charge is -2.35. The summed E-state index contributed by atoms with van der Waals surface area (Å²) in [7, 11) is 0. The molecule has 1 nitrogen and oxygen atoms in total. The molecule has 0 saturated heterocycles. The predicted molar refractivity (Wildman–Crippen MR) is 81.6 cm³/mol. The Bertz CT molecular complexity index is 461. The van der Waals surface area contributed by atoms with Gasteiger partial charge >= 0.3 is 0 Å². The molecule has 2 rings (SSSR count). The van der Waals surface area contributed by atoms with Crippen molar-refractivity contribution in [1.29, 1.82) is 0 Å². The van der Waals surface area contributed by atoms with E-state index in [0.717, 1.165) is 24.4 Å². The van der Waals surface area contributed by atoms with Gasteiger partial charge in [-0.3, -0.25) is 0 Å². The molecule has 1 heterocycles. The largest absolute Gasteiger partial charge is 0.355 e. The lowest BCUT2D eigenvalue weighted by Crippen LogP contribution is -2.39. The summed E-state index contributed by atoms with van der Waals surface area (Å²) < 4.78 is 0. The van der Waals surface area contributed by atoms with Crippen LogP contribution in [0.2, 0.25) is 0 Å². The van der Waals surface area contributed by atoms with Gasteiger partial charge in [-0.2, -0.15) is 0 Å². The zero-order chi connectivity index (χ0) is 13.0. The number of nitrogens with zero attached hydrogens (tertiary/aromatic N) is 1. The van der Waals surface area contributed by atoms with E-state index in [0.29, 0.717) is 6.04 Å². The number of benzene rings is 1. The fourth-order valence-corrected chi connectivity index (χ4v) is 2.55. The molecule has 1 aliphatic heterocycles. The molecular weight excluding hydrogens is 238 g/mol. The maximum absolute atomic E-state index is 5.50. The van der Waals surface area contributed by atoms with E-state index in [1.165, 1.54) is 11.1 Å². The molecule has 1 unspecified atom stereocenters. The van der Waals surface area contributed by atoms with Crippen molar-refractivity contribution in [3.8, 4) is 0 Å². The van der Waals surface area contributed by atoms with Crippen LogP contribution in [0.1, 0.15) is 25.3 Å². The molecule has 1 aromatic carbocycles. The molecule has 0 N–H and O–H groups in total. The molecule has 0 aliphatic carbocycles. The van der Waals surface area contributed by atoms with Gasteiger partial charge in [-0.05, 0) is 18.9 Å². The first-order chi connectivity index (χ1) is 8.66. The van der Waals surface area contributed by atoms with Crippen molar-refractivity contribution in [3.63, 3.8) is 0 Å². The molecular formula is C16H19NS. The Morgan fingerprint density at radius 1 is 1.39 bits per heavy atom. The summed E-state index contributed by atoms with van der Waals surface area (Å²) in [6.07, 6.45) is 6.29. The Labute approximate surface area is 115 Å². The second-order valence-corrected chi connectivity index (χ2v) is 5.34. The highest BCUT2D eigenvalue weighted by Gasteiger charge is 2.21. The lowest BCUT2D eigenvalue weighted by molar-refractivity contribution is 0.343. The van der Waals surface area contributed by atoms with E-state index in [1.54, 1.807) is 0 Å². The van der Waals surface area contributed by atoms with Crippen LogP contribution in [0.5, 0.6) is 0 Å². The molecule has 0 spiro atoms. The molecule has 1 aromatic rings. The van der Waals surface area contributed by atoms with Crippen LogP contribution in [-0.4, -0.2) is 15.9 Å². The van der Waals surface area contributed by atoms with Gasteiger partial charge in [0.05, 0.1) is 11.0 Å². The molecule has 0 amide bonds. The van der Waals surface area contributed by atoms with Crippen molar-refractivity contribution in [2.75, 3.05) is 0 Å². The summed E-state index contributed by atoms with van der Waals surface area (Å²) in [6.45, 7) is 6.98. The van der Waals surface area contributed by atoms with Crippen LogP contribution in [0.4, 0.5) is 0 Å². The fourth-order valence-electron chi connectivity index (χ4n) is 2.25. The van der Waals surface area contributed by atoms with Crippen molar-refractivity contribution < 1.29 is 0 Å². The standard InChI is InChI=1S/C16H19NS/c1-13(2)11-15-9-6-10-16(18)17(15)12-14-7-4-3-5-8-14/h3-9,15H,1,10-12H2,2H3. The number of hydrogen-bond donors (Lipinski definition) is 0. The third kappa shape index (κ3) is 3.30. The second kappa shape index (κ2) is 5.96. The van der Waals surface area contributed by atoms with Gasteiger partial charge in [0.15, 0.2) is 0 Å². The third-order valence-corrected chi connectivity index (χ3v) is 3.53. The van der Waals surface area contributed by atoms with Crippen LogP contribution < -0.4 is 0 Å². The van der Waals surface area contributed by atoms with Crippen molar-refractivity contribution in [2.24, 2.45) is 0 Å². The maximum Gasteiger partial charge on any atom is 0.0825 e. The number of rotatable bonds is 4. The zero-order valence-electron chi connectivity index (χ0n) is 10.8. The van der Waals surface area contributed by atoms with Gasteiger partial charge in [-0.1, -0.05) is 60.3 Å². The highest BCUT2D eigenvalue weighted by atomic mass is 32.1. The third-order valence-electron chi connectivity index (χ3n) is 3.12. The minimum atomic E-state index is 0.365. The first-order valence-corrected chi connectivity index (χ1v) is 6.72. The monoisotopic (exact) mass is 257 g/mol. The highest BCUT2D eigenvalue weighted by molar-refractivity contribution is 7.80. The molecule has 2 heteroatoms. The average Bonchev–Trinajstić information content (AvgIpc) is 2.34. The van der Waals surface area contributed by atoms with Crippen molar-refractivity contribution in [2.45, 2.75) is 32.4 Å². The molecule has 94 valence electrons. The minimum absolute atomic E-state index is 0.365. The Hall–Kier alpha value is -1.41. The molecule has 1 aliphatic rings. The van der Waals surface area contributed by atoms with Gasteiger partial charge in [-0.15, -0.1) is 6.58 Å². The Morgan fingerprint density at radius 3 is 2.78 bits per heavy atom. The van der Waals surface area contributed by atoms with Gasteiger partial charge in [0, 0.05) is 13.0 Å². The van der Waals surface area contributed by atoms with Gasteiger partial charge in [0.25, 0.3) is 0 Å². The molecule has 0 aromatic heterocycles. The Morgan fingerprint density at radius 2 is 2.11 bits per heavy atom. The minimum Gasteiger partial charge on any atom is -0.355 e. The normalized spacial score (nSPS) is 19.1. The van der Waals surface area contributed by atoms with Gasteiger partial charge in [0.2, 0.25) is 0 Å². The SMILES string of the molecule is C=C(C)CC1C=CCC(=S)N1Cc1ccccc1. The molecule has 18 heavy (non-hydrogen) atoms. The molecule has 0 bridgehead atoms. The van der Waals surface area contributed by atoms with E-state index in [9.17, 15) is 0 Å². The van der Waals surface area contributed by atoms with Crippen LogP contribution in [0.15, 0.2) is 54.6 Å². The van der Waals surface area contributed by atoms with Crippen LogP contribution in [0.3, 0.4) is 0 Å². The summed E-state index contributed by atoms with van der Waals surface area (Å²) in [6, 6.07) is 10.9. The lowest BCUT2D eigenvalue weighted by atomic mass is 10.0. The van der Waals surface area contributed by atoms with Crippen LogP contribution in [0.25, 0.3) is 0 Å². The summed E-state index contributed by atoms with van der Waals surface area (Å²) >= 11 is 5.50. The summed E-state index contributed by atoms with van der Waals surface area (Å²) in [5, 5.41) is 0. The highest BCUT2D eigenvalue weighted by Crippen LogP contribution is 2.21. The zero-order valence-corrected chi connectivity index (χ0v) is 11.6. The predicted octanol–water partition coefficient (Wildman–Crippen LogP) is 4.11. The average molecular weight is 257 g/mol. The topological polar surface area (TPSA) is 3.24 Å². The summed E-state index contributed by atoms with van der Waals surface area (Å²) in [4.78, 5) is 3.35. The van der Waals surface area contributed by atoms with E-state index in [-0.39, 0.29) is 0 Å². The first kappa shape index (κ1) is 13.0. The molecule has 0 fully saturated rings. The number of thiocarbonyl (C=S) groups is 1. The second-order valence-electron chi connectivity index (χ2n) is 4.87. The maximum atomic E-state index is 5.50. The quantitative estimate of drug-likeness (QED) is 0.590. The van der Waals surface area contributed by atoms with Crippen LogP contribution >= 0.6 is 12.2 Å². The van der Waals surface area contributed by atoms with E-state index in [1.807, 2.05) is 6.07 Å². The van der Waals surface area contributed by atoms with E-state index in [4.69, 9.17) is 12.2 Å². The van der Waals surface area contributed by atoms with Gasteiger partial charge in [-0.25, -0.2) is 0 Å². The smallest absolute Gasteiger partial charge is 0.0825 e. The van der Waals surface area contributed by atoms with Gasteiger partial charge in [0.1, 0.15) is 0 Å². The van der Waals surface area contributed by atoms with Gasteiger partial charge < -0.3 is 4.90 Å². The molecule has 0 saturated carbocycles. The Balaban J connectivity index is 2.14. The van der Waals surface area contributed by atoms with Crippen LogP contribution in [-0.2, 0) is 6.54 Å². The van der Waals surface area contributed by atoms with E-state index in [2.05, 4.69) is 54.8 Å². The molecule has 1 atom stereocenters. The van der Waals surface area contributed by atoms with Crippen molar-refractivity contribution >= 4 is 17.2 Å². The number of hydrogen-bond acceptors (Lipinski definition) is 1. The first-order valence-electron chi connectivity index (χ1n) is 6.31. The van der Waals surface area contributed by atoms with Crippen LogP contribution in [0, 0.1) is 0 Å². The van der Waals surface area contributed by atoms with Crippen molar-refractivity contribution in [1.82, 2.24) is 4.90 Å². The summed E-state index contributed by atoms with van der Waals surface area (Å²) in [5.41, 5.74) is 2.51. The van der Waals surface area contributed by atoms with Crippen molar-refractivity contribution in [3.05, 3.63) is 60.2 Å². The Kier molecular flexibility index (Phi) is 4.32. The van der Waals surface area contributed by atoms with E-state index >= 15 is 0 Å². The fraction of sp³-hybridized carbons (Fsp3) is 0.312. The molecule has 0 radical (unpaired) electrons.